The van der Waals surface area contributed by atoms with Crippen molar-refractivity contribution in [1.29, 1.82) is 0 Å². The number of hydrogen-bond donors (Lipinski definition) is 1. The molecule has 0 spiro atoms. The van der Waals surface area contributed by atoms with Crippen LogP contribution in [0, 0.1) is 6.92 Å². The van der Waals surface area contributed by atoms with Gasteiger partial charge < -0.3 is 15.4 Å². The molecule has 2 N–H and O–H groups in total. The fourth-order valence-corrected chi connectivity index (χ4v) is 1.34. The van der Waals surface area contributed by atoms with E-state index in [9.17, 15) is 0 Å². The predicted molar refractivity (Wildman–Crippen MR) is 64.4 cm³/mol. The molecule has 0 bridgehead atoms. The van der Waals surface area contributed by atoms with Gasteiger partial charge in [-0.1, -0.05) is 0 Å². The van der Waals surface area contributed by atoms with Gasteiger partial charge in [-0.2, -0.15) is 0 Å². The van der Waals surface area contributed by atoms with Crippen LogP contribution in [0.25, 0.3) is 0 Å². The highest BCUT2D eigenvalue weighted by Gasteiger charge is 2.06. The van der Waals surface area contributed by atoms with Gasteiger partial charge >= 0.3 is 0 Å². The quantitative estimate of drug-likeness (QED) is 0.721. The first kappa shape index (κ1) is 12.9. The van der Waals surface area contributed by atoms with Crippen molar-refractivity contribution in [1.82, 2.24) is 9.97 Å². The molecule has 1 aromatic heterocycles. The maximum Gasteiger partial charge on any atom is 0.225 e. The molecule has 0 aliphatic carbocycles. The van der Waals surface area contributed by atoms with Crippen molar-refractivity contribution in [3.8, 4) is 0 Å². The predicted octanol–water partition coefficient (Wildman–Crippen LogP) is 0.716. The highest BCUT2D eigenvalue weighted by Crippen LogP contribution is 2.08. The Hall–Kier alpha value is -1.20. The van der Waals surface area contributed by atoms with Crippen LogP contribution in [0.2, 0.25) is 0 Å². The van der Waals surface area contributed by atoms with Crippen molar-refractivity contribution >= 4 is 5.95 Å². The van der Waals surface area contributed by atoms with Gasteiger partial charge in [0.1, 0.15) is 0 Å². The van der Waals surface area contributed by atoms with Gasteiger partial charge in [0.25, 0.3) is 0 Å². The third kappa shape index (κ3) is 3.75. The molecule has 0 atom stereocenters. The molecule has 0 fully saturated rings. The molecular formula is C11H20N4O. The van der Waals surface area contributed by atoms with E-state index < -0.39 is 0 Å². The minimum atomic E-state index is 0.440. The second-order valence-corrected chi connectivity index (χ2v) is 3.62. The summed E-state index contributed by atoms with van der Waals surface area (Å²) in [6, 6.07) is 1.90. The van der Waals surface area contributed by atoms with Crippen LogP contribution in [0.1, 0.15) is 18.3 Å². The first-order chi connectivity index (χ1) is 7.67. The van der Waals surface area contributed by atoms with Crippen LogP contribution in [0.5, 0.6) is 0 Å². The van der Waals surface area contributed by atoms with E-state index in [1.54, 1.807) is 0 Å². The van der Waals surface area contributed by atoms with Crippen LogP contribution < -0.4 is 10.6 Å². The van der Waals surface area contributed by atoms with E-state index >= 15 is 0 Å². The number of ether oxygens (including phenoxy) is 1. The molecule has 5 heteroatoms. The fourth-order valence-electron chi connectivity index (χ4n) is 1.34. The minimum Gasteiger partial charge on any atom is -0.380 e. The van der Waals surface area contributed by atoms with Crippen molar-refractivity contribution in [3.05, 3.63) is 17.5 Å². The molecule has 1 rings (SSSR count). The maximum absolute atomic E-state index is 5.58. The van der Waals surface area contributed by atoms with E-state index in [4.69, 9.17) is 10.5 Å². The third-order valence-electron chi connectivity index (χ3n) is 2.22. The van der Waals surface area contributed by atoms with Crippen LogP contribution in [0.3, 0.4) is 0 Å². The number of rotatable bonds is 6. The lowest BCUT2D eigenvalue weighted by Gasteiger charge is -2.17. The number of aromatic nitrogens is 2. The average Bonchev–Trinajstić information content (AvgIpc) is 2.28. The van der Waals surface area contributed by atoms with Gasteiger partial charge in [0.05, 0.1) is 12.3 Å². The molecule has 0 aliphatic rings. The number of anilines is 1. The summed E-state index contributed by atoms with van der Waals surface area (Å²) in [5.74, 6) is 0.708. The molecule has 0 unspecified atom stereocenters. The summed E-state index contributed by atoms with van der Waals surface area (Å²) in [6.45, 7) is 6.56. The molecule has 0 saturated heterocycles. The van der Waals surface area contributed by atoms with E-state index in [0.29, 0.717) is 19.1 Å². The zero-order valence-electron chi connectivity index (χ0n) is 10.2. The zero-order valence-corrected chi connectivity index (χ0v) is 10.2. The molecule has 90 valence electrons. The van der Waals surface area contributed by atoms with Crippen molar-refractivity contribution in [3.63, 3.8) is 0 Å². The zero-order chi connectivity index (χ0) is 12.0. The van der Waals surface area contributed by atoms with Gasteiger partial charge in [-0.15, -0.1) is 0 Å². The normalized spacial score (nSPS) is 10.5. The summed E-state index contributed by atoms with van der Waals surface area (Å²) in [6.07, 6.45) is 0. The highest BCUT2D eigenvalue weighted by molar-refractivity contribution is 5.30. The van der Waals surface area contributed by atoms with E-state index in [1.807, 2.05) is 31.9 Å². The van der Waals surface area contributed by atoms with Crippen molar-refractivity contribution in [2.75, 3.05) is 31.7 Å². The van der Waals surface area contributed by atoms with E-state index in [-0.39, 0.29) is 0 Å². The van der Waals surface area contributed by atoms with Gasteiger partial charge in [0, 0.05) is 32.4 Å². The van der Waals surface area contributed by atoms with Crippen molar-refractivity contribution in [2.45, 2.75) is 20.4 Å². The van der Waals surface area contributed by atoms with Crippen LogP contribution >= 0.6 is 0 Å². The van der Waals surface area contributed by atoms with E-state index in [2.05, 4.69) is 9.97 Å². The molecule has 1 heterocycles. The lowest BCUT2D eigenvalue weighted by molar-refractivity contribution is 0.154. The Morgan fingerprint density at radius 2 is 2.19 bits per heavy atom. The molecular weight excluding hydrogens is 204 g/mol. The smallest absolute Gasteiger partial charge is 0.225 e. The monoisotopic (exact) mass is 224 g/mol. The molecule has 0 aromatic carbocycles. The van der Waals surface area contributed by atoms with Gasteiger partial charge in [0.15, 0.2) is 0 Å². The number of hydrogen-bond acceptors (Lipinski definition) is 5. The SMILES string of the molecule is CCOCCN(C)c1nc(C)cc(CN)n1. The Morgan fingerprint density at radius 1 is 1.44 bits per heavy atom. The van der Waals surface area contributed by atoms with Crippen LogP contribution in [0.15, 0.2) is 6.07 Å². The van der Waals surface area contributed by atoms with Crippen LogP contribution in [-0.4, -0.2) is 36.8 Å². The van der Waals surface area contributed by atoms with Crippen LogP contribution in [0.4, 0.5) is 5.95 Å². The molecule has 0 aliphatic heterocycles. The number of likely N-dealkylation sites (N-methyl/N-ethyl adjacent to an activating group) is 1. The Labute approximate surface area is 96.6 Å². The second-order valence-electron chi connectivity index (χ2n) is 3.62. The van der Waals surface area contributed by atoms with Crippen molar-refractivity contribution < 1.29 is 4.74 Å². The van der Waals surface area contributed by atoms with Gasteiger partial charge in [0.2, 0.25) is 5.95 Å². The Kier molecular flexibility index (Phi) is 5.14. The van der Waals surface area contributed by atoms with Gasteiger partial charge in [-0.3, -0.25) is 0 Å². The number of nitrogens with zero attached hydrogens (tertiary/aromatic N) is 3. The number of nitrogens with two attached hydrogens (primary N) is 1. The van der Waals surface area contributed by atoms with Crippen LogP contribution in [-0.2, 0) is 11.3 Å². The molecule has 16 heavy (non-hydrogen) atoms. The summed E-state index contributed by atoms with van der Waals surface area (Å²) in [5.41, 5.74) is 7.38. The standard InChI is InChI=1S/C11H20N4O/c1-4-16-6-5-15(3)11-13-9(2)7-10(8-12)14-11/h7H,4-6,8,12H2,1-3H3. The van der Waals surface area contributed by atoms with Gasteiger partial charge in [-0.05, 0) is 19.9 Å². The summed E-state index contributed by atoms with van der Waals surface area (Å²) in [7, 11) is 1.95. The largest absolute Gasteiger partial charge is 0.380 e. The van der Waals surface area contributed by atoms with Gasteiger partial charge in [-0.25, -0.2) is 9.97 Å². The van der Waals surface area contributed by atoms with E-state index in [1.165, 1.54) is 0 Å². The summed E-state index contributed by atoms with van der Waals surface area (Å²) in [5, 5.41) is 0. The van der Waals surface area contributed by atoms with Crippen molar-refractivity contribution in [2.24, 2.45) is 5.73 Å². The summed E-state index contributed by atoms with van der Waals surface area (Å²) < 4.78 is 5.29. The highest BCUT2D eigenvalue weighted by atomic mass is 16.5. The molecule has 5 nitrogen and oxygen atoms in total. The maximum atomic E-state index is 5.58. The van der Waals surface area contributed by atoms with E-state index in [0.717, 1.165) is 24.5 Å². The first-order valence-corrected chi connectivity index (χ1v) is 5.51. The minimum absolute atomic E-state index is 0.440. The Morgan fingerprint density at radius 3 is 2.81 bits per heavy atom. The molecule has 0 saturated carbocycles. The summed E-state index contributed by atoms with van der Waals surface area (Å²) >= 11 is 0. The Bertz CT molecular complexity index is 330. The second kappa shape index (κ2) is 6.40. The fraction of sp³-hybridized carbons (Fsp3) is 0.636. The molecule has 0 radical (unpaired) electrons. The summed E-state index contributed by atoms with van der Waals surface area (Å²) in [4.78, 5) is 10.7. The lowest BCUT2D eigenvalue weighted by atomic mass is 10.3. The molecule has 0 amide bonds. The third-order valence-corrected chi connectivity index (χ3v) is 2.22. The first-order valence-electron chi connectivity index (χ1n) is 5.51. The molecule has 1 aromatic rings. The average molecular weight is 224 g/mol. The lowest BCUT2D eigenvalue weighted by Crippen LogP contribution is -2.25. The number of aryl methyl sites for hydroxylation is 1. The topological polar surface area (TPSA) is 64.3 Å². The Balaban J connectivity index is 2.66.